The lowest BCUT2D eigenvalue weighted by Crippen LogP contribution is -2.33. The first-order valence-electron chi connectivity index (χ1n) is 6.53. The van der Waals surface area contributed by atoms with Crippen molar-refractivity contribution in [1.82, 2.24) is 15.1 Å². The first-order valence-corrected chi connectivity index (χ1v) is 6.91. The first kappa shape index (κ1) is 14.5. The molecule has 0 aliphatic carbocycles. The van der Waals surface area contributed by atoms with Gasteiger partial charge in [-0.15, -0.1) is 10.2 Å². The molecule has 0 aliphatic heterocycles. The van der Waals surface area contributed by atoms with Crippen LogP contribution in [0.2, 0.25) is 5.15 Å². The zero-order valence-corrected chi connectivity index (χ0v) is 12.0. The Kier molecular flexibility index (Phi) is 5.07. The molecule has 0 atom stereocenters. The van der Waals surface area contributed by atoms with Crippen LogP contribution in [0.3, 0.4) is 0 Å². The van der Waals surface area contributed by atoms with Gasteiger partial charge in [0.05, 0.1) is 0 Å². The van der Waals surface area contributed by atoms with Gasteiger partial charge in [-0.3, -0.25) is 4.79 Å². The number of likely N-dealkylation sites (N-methyl/N-ethyl adjacent to an activating group) is 1. The summed E-state index contributed by atoms with van der Waals surface area (Å²) >= 11 is 5.67. The molecule has 2 aromatic rings. The molecule has 0 fully saturated rings. The molecule has 0 saturated heterocycles. The Morgan fingerprint density at radius 1 is 1.15 bits per heavy atom. The maximum absolute atomic E-state index is 12.3. The van der Waals surface area contributed by atoms with E-state index < -0.39 is 0 Å². The number of aromatic nitrogens is 2. The molecule has 0 radical (unpaired) electrons. The van der Waals surface area contributed by atoms with E-state index in [0.29, 0.717) is 18.8 Å². The minimum absolute atomic E-state index is 0.118. The lowest BCUT2D eigenvalue weighted by Gasteiger charge is -2.20. The fraction of sp³-hybridized carbons (Fsp3) is 0.267. The standard InChI is InChI=1S/C15H16ClN3O/c1-2-19(11-10-12-6-4-3-5-7-12)15(20)13-8-9-14(16)18-17-13/h3-9H,2,10-11H2,1H3. The molecular weight excluding hydrogens is 274 g/mol. The molecule has 0 bridgehead atoms. The number of rotatable bonds is 5. The quantitative estimate of drug-likeness (QED) is 0.850. The third-order valence-electron chi connectivity index (χ3n) is 3.03. The van der Waals surface area contributed by atoms with Gasteiger partial charge in [0.1, 0.15) is 0 Å². The van der Waals surface area contributed by atoms with Crippen LogP contribution in [0.25, 0.3) is 0 Å². The molecule has 0 spiro atoms. The lowest BCUT2D eigenvalue weighted by atomic mass is 10.1. The Bertz CT molecular complexity index is 557. The molecule has 1 heterocycles. The van der Waals surface area contributed by atoms with E-state index >= 15 is 0 Å². The minimum atomic E-state index is -0.118. The van der Waals surface area contributed by atoms with E-state index in [9.17, 15) is 4.79 Å². The van der Waals surface area contributed by atoms with Crippen LogP contribution in [0.4, 0.5) is 0 Å². The summed E-state index contributed by atoms with van der Waals surface area (Å²) in [6.07, 6.45) is 0.821. The number of halogens is 1. The van der Waals surface area contributed by atoms with E-state index in [1.54, 1.807) is 17.0 Å². The zero-order chi connectivity index (χ0) is 14.4. The summed E-state index contributed by atoms with van der Waals surface area (Å²) in [7, 11) is 0. The molecule has 0 saturated carbocycles. The van der Waals surface area contributed by atoms with Crippen LogP contribution in [-0.4, -0.2) is 34.1 Å². The van der Waals surface area contributed by atoms with Crippen molar-refractivity contribution in [3.8, 4) is 0 Å². The number of amides is 1. The Labute approximate surface area is 123 Å². The van der Waals surface area contributed by atoms with Crippen LogP contribution in [0.1, 0.15) is 23.0 Å². The number of carbonyl (C=O) groups is 1. The Morgan fingerprint density at radius 3 is 2.50 bits per heavy atom. The van der Waals surface area contributed by atoms with E-state index in [1.807, 2.05) is 25.1 Å². The van der Waals surface area contributed by atoms with Crippen LogP contribution in [0.15, 0.2) is 42.5 Å². The van der Waals surface area contributed by atoms with Crippen LogP contribution in [0.5, 0.6) is 0 Å². The fourth-order valence-electron chi connectivity index (χ4n) is 1.90. The minimum Gasteiger partial charge on any atom is -0.337 e. The van der Waals surface area contributed by atoms with Gasteiger partial charge >= 0.3 is 0 Å². The highest BCUT2D eigenvalue weighted by molar-refractivity contribution is 6.29. The zero-order valence-electron chi connectivity index (χ0n) is 11.3. The van der Waals surface area contributed by atoms with Gasteiger partial charge in [0.2, 0.25) is 0 Å². The van der Waals surface area contributed by atoms with Crippen molar-refractivity contribution in [2.45, 2.75) is 13.3 Å². The summed E-state index contributed by atoms with van der Waals surface area (Å²) in [5, 5.41) is 7.82. The molecule has 0 aliphatic rings. The number of benzene rings is 1. The second-order valence-electron chi connectivity index (χ2n) is 4.36. The monoisotopic (exact) mass is 289 g/mol. The summed E-state index contributed by atoms with van der Waals surface area (Å²) in [4.78, 5) is 14.0. The topological polar surface area (TPSA) is 46.1 Å². The van der Waals surface area contributed by atoms with Crippen LogP contribution < -0.4 is 0 Å². The van der Waals surface area contributed by atoms with E-state index in [-0.39, 0.29) is 11.1 Å². The second kappa shape index (κ2) is 7.01. The molecule has 0 unspecified atom stereocenters. The van der Waals surface area contributed by atoms with Crippen molar-refractivity contribution in [2.75, 3.05) is 13.1 Å². The second-order valence-corrected chi connectivity index (χ2v) is 4.75. The fourth-order valence-corrected chi connectivity index (χ4v) is 2.00. The smallest absolute Gasteiger partial charge is 0.274 e. The number of nitrogens with zero attached hydrogens (tertiary/aromatic N) is 3. The first-order chi connectivity index (χ1) is 9.70. The van der Waals surface area contributed by atoms with E-state index in [4.69, 9.17) is 11.6 Å². The maximum atomic E-state index is 12.3. The average molecular weight is 290 g/mol. The van der Waals surface area contributed by atoms with E-state index in [1.165, 1.54) is 5.56 Å². The van der Waals surface area contributed by atoms with Crippen molar-refractivity contribution in [3.63, 3.8) is 0 Å². The van der Waals surface area contributed by atoms with Gasteiger partial charge in [-0.25, -0.2) is 0 Å². The largest absolute Gasteiger partial charge is 0.337 e. The molecule has 20 heavy (non-hydrogen) atoms. The molecular formula is C15H16ClN3O. The average Bonchev–Trinajstić information content (AvgIpc) is 2.49. The molecule has 0 N–H and O–H groups in total. The van der Waals surface area contributed by atoms with Crippen molar-refractivity contribution in [3.05, 3.63) is 58.9 Å². The van der Waals surface area contributed by atoms with Crippen molar-refractivity contribution in [1.29, 1.82) is 0 Å². The third-order valence-corrected chi connectivity index (χ3v) is 3.23. The van der Waals surface area contributed by atoms with Crippen molar-refractivity contribution < 1.29 is 4.79 Å². The summed E-state index contributed by atoms with van der Waals surface area (Å²) in [6.45, 7) is 3.24. The van der Waals surface area contributed by atoms with Crippen LogP contribution in [0, 0.1) is 0 Å². The van der Waals surface area contributed by atoms with Crippen molar-refractivity contribution in [2.24, 2.45) is 0 Å². The SMILES string of the molecule is CCN(CCc1ccccc1)C(=O)c1ccc(Cl)nn1. The Balaban J connectivity index is 2.00. The van der Waals surface area contributed by atoms with E-state index in [0.717, 1.165) is 6.42 Å². The van der Waals surface area contributed by atoms with Crippen molar-refractivity contribution >= 4 is 17.5 Å². The molecule has 4 nitrogen and oxygen atoms in total. The third kappa shape index (κ3) is 3.78. The van der Waals surface area contributed by atoms with Gasteiger partial charge in [-0.1, -0.05) is 41.9 Å². The van der Waals surface area contributed by atoms with Gasteiger partial charge in [0.25, 0.3) is 5.91 Å². The highest BCUT2D eigenvalue weighted by atomic mass is 35.5. The van der Waals surface area contributed by atoms with E-state index in [2.05, 4.69) is 22.3 Å². The summed E-state index contributed by atoms with van der Waals surface area (Å²) < 4.78 is 0. The Hall–Kier alpha value is -1.94. The number of hydrogen-bond acceptors (Lipinski definition) is 3. The predicted molar refractivity (Wildman–Crippen MR) is 78.8 cm³/mol. The molecule has 1 aromatic carbocycles. The van der Waals surface area contributed by atoms with Crippen LogP contribution >= 0.6 is 11.6 Å². The number of hydrogen-bond donors (Lipinski definition) is 0. The normalized spacial score (nSPS) is 10.3. The highest BCUT2D eigenvalue weighted by Gasteiger charge is 2.15. The van der Waals surface area contributed by atoms with Gasteiger partial charge in [0.15, 0.2) is 10.8 Å². The Morgan fingerprint density at radius 2 is 1.90 bits per heavy atom. The highest BCUT2D eigenvalue weighted by Crippen LogP contribution is 2.07. The lowest BCUT2D eigenvalue weighted by molar-refractivity contribution is 0.0759. The van der Waals surface area contributed by atoms with Crippen LogP contribution in [-0.2, 0) is 6.42 Å². The molecule has 1 aromatic heterocycles. The van der Waals surface area contributed by atoms with Gasteiger partial charge < -0.3 is 4.90 Å². The van der Waals surface area contributed by atoms with Gasteiger partial charge in [-0.05, 0) is 31.0 Å². The molecule has 1 amide bonds. The molecule has 104 valence electrons. The molecule has 2 rings (SSSR count). The maximum Gasteiger partial charge on any atom is 0.274 e. The summed E-state index contributed by atoms with van der Waals surface area (Å²) in [6, 6.07) is 13.3. The van der Waals surface area contributed by atoms with Gasteiger partial charge in [0, 0.05) is 13.1 Å². The molecule has 5 heteroatoms. The number of carbonyl (C=O) groups excluding carboxylic acids is 1. The predicted octanol–water partition coefficient (Wildman–Crippen LogP) is 2.83. The van der Waals surface area contributed by atoms with Gasteiger partial charge in [-0.2, -0.15) is 0 Å². The summed E-state index contributed by atoms with van der Waals surface area (Å²) in [5.41, 5.74) is 1.53. The summed E-state index contributed by atoms with van der Waals surface area (Å²) in [5.74, 6) is -0.118.